The van der Waals surface area contributed by atoms with Gasteiger partial charge in [-0.3, -0.25) is 4.79 Å². The van der Waals surface area contributed by atoms with Crippen LogP contribution in [0.25, 0.3) is 0 Å². The normalized spacial score (nSPS) is 25.0. The Balaban J connectivity index is 1.63. The second-order valence-electron chi connectivity index (χ2n) is 7.22. The van der Waals surface area contributed by atoms with E-state index in [1.807, 2.05) is 38.1 Å². The van der Waals surface area contributed by atoms with Crippen LogP contribution in [0.15, 0.2) is 24.3 Å². The number of rotatable bonds is 1. The van der Waals surface area contributed by atoms with Gasteiger partial charge in [-0.25, -0.2) is 0 Å². The summed E-state index contributed by atoms with van der Waals surface area (Å²) in [6.07, 6.45) is 0.522. The maximum Gasteiger partial charge on any atom is 0.178 e. The minimum atomic E-state index is -0.376. The minimum Gasteiger partial charge on any atom is -0.496 e. The van der Waals surface area contributed by atoms with Gasteiger partial charge in [-0.05, 0) is 43.7 Å². The third-order valence-electron chi connectivity index (χ3n) is 5.49. The molecule has 3 atom stereocenters. The van der Waals surface area contributed by atoms with E-state index in [0.717, 1.165) is 40.4 Å². The number of benzene rings is 2. The Morgan fingerprint density at radius 3 is 2.81 bits per heavy atom. The van der Waals surface area contributed by atoms with E-state index < -0.39 is 0 Å². The van der Waals surface area contributed by atoms with Crippen LogP contribution in [0.4, 0.5) is 0 Å². The maximum atomic E-state index is 13.4. The summed E-state index contributed by atoms with van der Waals surface area (Å²) in [5, 5.41) is 0. The number of hydrogen-bond donors (Lipinski definition) is 0. The molecule has 0 fully saturated rings. The molecule has 5 heteroatoms. The van der Waals surface area contributed by atoms with Gasteiger partial charge in [-0.1, -0.05) is 0 Å². The van der Waals surface area contributed by atoms with Gasteiger partial charge < -0.3 is 18.9 Å². The third-order valence-corrected chi connectivity index (χ3v) is 5.49. The lowest BCUT2D eigenvalue weighted by Gasteiger charge is -2.37. The van der Waals surface area contributed by atoms with Gasteiger partial charge in [0.15, 0.2) is 5.78 Å². The van der Waals surface area contributed by atoms with Crippen LogP contribution >= 0.6 is 0 Å². The molecule has 0 saturated heterocycles. The number of hydrogen-bond acceptors (Lipinski definition) is 5. The fraction of sp³-hybridized carbons (Fsp3) is 0.381. The largest absolute Gasteiger partial charge is 0.496 e. The third kappa shape index (κ3) is 2.06. The summed E-state index contributed by atoms with van der Waals surface area (Å²) in [7, 11) is 1.63. The summed E-state index contributed by atoms with van der Waals surface area (Å²) in [6.45, 7) is 4.34. The van der Waals surface area contributed by atoms with E-state index in [1.165, 1.54) is 0 Å². The summed E-state index contributed by atoms with van der Waals surface area (Å²) in [5.41, 5.74) is 3.45. The number of carbonyl (C=O) groups is 1. The van der Waals surface area contributed by atoms with Crippen LogP contribution < -0.4 is 18.9 Å². The Labute approximate surface area is 151 Å². The zero-order chi connectivity index (χ0) is 18.0. The second kappa shape index (κ2) is 5.40. The molecule has 5 rings (SSSR count). The van der Waals surface area contributed by atoms with E-state index in [2.05, 4.69) is 0 Å². The summed E-state index contributed by atoms with van der Waals surface area (Å²) in [6, 6.07) is 7.55. The van der Waals surface area contributed by atoms with E-state index in [-0.39, 0.29) is 23.9 Å². The fourth-order valence-electron chi connectivity index (χ4n) is 4.25. The molecule has 2 unspecified atom stereocenters. The van der Waals surface area contributed by atoms with E-state index in [9.17, 15) is 4.79 Å². The topological polar surface area (TPSA) is 54.0 Å². The SMILES string of the molecule is COc1cc2c(cc1C)OCC1Oc3c(ccc4c3C[C@H](C)O4)C(=O)C21. The number of aryl methyl sites for hydroxylation is 1. The van der Waals surface area contributed by atoms with Crippen LogP contribution in [0, 0.1) is 6.92 Å². The molecule has 0 aliphatic carbocycles. The highest BCUT2D eigenvalue weighted by atomic mass is 16.5. The smallest absolute Gasteiger partial charge is 0.178 e. The van der Waals surface area contributed by atoms with Crippen molar-refractivity contribution in [3.63, 3.8) is 0 Å². The van der Waals surface area contributed by atoms with Crippen molar-refractivity contribution in [2.24, 2.45) is 0 Å². The molecule has 3 aliphatic rings. The molecule has 0 N–H and O–H groups in total. The number of methoxy groups -OCH3 is 1. The highest BCUT2D eigenvalue weighted by Crippen LogP contribution is 2.48. The quantitative estimate of drug-likeness (QED) is 0.787. The summed E-state index contributed by atoms with van der Waals surface area (Å²) in [4.78, 5) is 13.4. The van der Waals surface area contributed by atoms with Gasteiger partial charge in [0, 0.05) is 17.5 Å². The predicted molar refractivity (Wildman–Crippen MR) is 94.9 cm³/mol. The summed E-state index contributed by atoms with van der Waals surface area (Å²) < 4.78 is 23.5. The lowest BCUT2D eigenvalue weighted by molar-refractivity contribution is 0.0555. The molecule has 5 nitrogen and oxygen atoms in total. The molecular weight excluding hydrogens is 332 g/mol. The lowest BCUT2D eigenvalue weighted by Crippen LogP contribution is -2.43. The van der Waals surface area contributed by atoms with Crippen LogP contribution in [0.3, 0.4) is 0 Å². The average Bonchev–Trinajstić information content (AvgIpc) is 3.01. The highest BCUT2D eigenvalue weighted by molar-refractivity contribution is 6.05. The maximum absolute atomic E-state index is 13.4. The fourth-order valence-corrected chi connectivity index (χ4v) is 4.25. The average molecular weight is 352 g/mol. The Bertz CT molecular complexity index is 932. The first-order valence-corrected chi connectivity index (χ1v) is 8.91. The molecule has 3 heterocycles. The van der Waals surface area contributed by atoms with Crippen molar-refractivity contribution in [3.05, 3.63) is 46.5 Å². The number of ketones is 1. The molecule has 134 valence electrons. The number of Topliss-reactive ketones (excluding diaryl/α,β-unsaturated/α-hetero) is 1. The monoisotopic (exact) mass is 352 g/mol. The van der Waals surface area contributed by atoms with Gasteiger partial charge in [0.1, 0.15) is 41.8 Å². The van der Waals surface area contributed by atoms with Crippen molar-refractivity contribution in [2.45, 2.75) is 38.4 Å². The molecular formula is C21H20O5. The Kier molecular flexibility index (Phi) is 3.23. The summed E-state index contributed by atoms with van der Waals surface area (Å²) in [5.74, 6) is 2.68. The number of fused-ring (bicyclic) bond motifs is 6. The van der Waals surface area contributed by atoms with E-state index in [4.69, 9.17) is 18.9 Å². The van der Waals surface area contributed by atoms with Crippen LogP contribution in [0.1, 0.15) is 39.9 Å². The molecule has 0 radical (unpaired) electrons. The molecule has 0 spiro atoms. The minimum absolute atomic E-state index is 0.0778. The van der Waals surface area contributed by atoms with Crippen LogP contribution in [0.2, 0.25) is 0 Å². The second-order valence-corrected chi connectivity index (χ2v) is 7.22. The Hall–Kier alpha value is -2.69. The highest BCUT2D eigenvalue weighted by Gasteiger charge is 2.45. The van der Waals surface area contributed by atoms with Crippen molar-refractivity contribution in [1.29, 1.82) is 0 Å². The number of ether oxygens (including phenoxy) is 4. The Morgan fingerprint density at radius 2 is 2.00 bits per heavy atom. The first-order valence-electron chi connectivity index (χ1n) is 8.91. The van der Waals surface area contributed by atoms with Gasteiger partial charge in [0.05, 0.1) is 18.6 Å². The van der Waals surface area contributed by atoms with Crippen LogP contribution in [-0.4, -0.2) is 31.7 Å². The van der Waals surface area contributed by atoms with Gasteiger partial charge in [-0.2, -0.15) is 0 Å². The molecule has 0 saturated carbocycles. The van der Waals surface area contributed by atoms with Crippen molar-refractivity contribution in [2.75, 3.05) is 13.7 Å². The van der Waals surface area contributed by atoms with Crippen LogP contribution in [0.5, 0.6) is 23.0 Å². The van der Waals surface area contributed by atoms with E-state index >= 15 is 0 Å². The predicted octanol–water partition coefficient (Wildman–Crippen LogP) is 3.45. The van der Waals surface area contributed by atoms with Gasteiger partial charge in [0.25, 0.3) is 0 Å². The first-order chi connectivity index (χ1) is 12.6. The Morgan fingerprint density at radius 1 is 1.15 bits per heavy atom. The molecule has 0 aromatic heterocycles. The number of carbonyl (C=O) groups excluding carboxylic acids is 1. The van der Waals surface area contributed by atoms with E-state index in [1.54, 1.807) is 7.11 Å². The van der Waals surface area contributed by atoms with Crippen molar-refractivity contribution in [1.82, 2.24) is 0 Å². The first kappa shape index (κ1) is 15.6. The zero-order valence-corrected chi connectivity index (χ0v) is 15.0. The standard InChI is InChI=1S/C21H20O5/c1-10-6-17-13(8-16(10)23-3)19-18(9-24-17)26-21-12(20(19)22)4-5-15-14(21)7-11(2)25-15/h4-6,8,11,18-19H,7,9H2,1-3H3/t11-,18?,19?/m0/s1. The molecule has 0 bridgehead atoms. The molecule has 26 heavy (non-hydrogen) atoms. The molecule has 3 aliphatic heterocycles. The molecule has 2 aromatic rings. The molecule has 2 aromatic carbocycles. The van der Waals surface area contributed by atoms with Crippen molar-refractivity contribution < 1.29 is 23.7 Å². The molecule has 0 amide bonds. The van der Waals surface area contributed by atoms with Gasteiger partial charge in [-0.15, -0.1) is 0 Å². The summed E-state index contributed by atoms with van der Waals surface area (Å²) >= 11 is 0. The van der Waals surface area contributed by atoms with Crippen molar-refractivity contribution in [3.8, 4) is 23.0 Å². The zero-order valence-electron chi connectivity index (χ0n) is 15.0. The van der Waals surface area contributed by atoms with Crippen molar-refractivity contribution >= 4 is 5.78 Å². The lowest BCUT2D eigenvalue weighted by atomic mass is 9.81. The van der Waals surface area contributed by atoms with E-state index in [0.29, 0.717) is 17.9 Å². The van der Waals surface area contributed by atoms with Gasteiger partial charge in [0.2, 0.25) is 0 Å². The van der Waals surface area contributed by atoms with Crippen LogP contribution in [-0.2, 0) is 6.42 Å². The van der Waals surface area contributed by atoms with Gasteiger partial charge >= 0.3 is 0 Å².